The molecule has 0 fully saturated rings. The minimum Gasteiger partial charge on any atom is -0.466 e. The second kappa shape index (κ2) is 6.48. The molecule has 0 aliphatic carbocycles. The minimum atomic E-state index is -0.568. The van der Waals surface area contributed by atoms with Crippen molar-refractivity contribution in [2.24, 2.45) is 0 Å². The van der Waals surface area contributed by atoms with Gasteiger partial charge in [0.05, 0.1) is 14.2 Å². The van der Waals surface area contributed by atoms with Crippen LogP contribution in [0.3, 0.4) is 0 Å². The average molecular weight is 234 g/mol. The van der Waals surface area contributed by atoms with Gasteiger partial charge in [-0.3, -0.25) is 0 Å². The third kappa shape index (κ3) is 4.10. The van der Waals surface area contributed by atoms with Crippen molar-refractivity contribution in [1.82, 2.24) is 0 Å². The third-order valence-corrected chi connectivity index (χ3v) is 2.18. The van der Waals surface area contributed by atoms with Gasteiger partial charge in [-0.2, -0.15) is 0 Å². The molecule has 0 heterocycles. The van der Waals surface area contributed by atoms with Gasteiger partial charge in [0.2, 0.25) is 0 Å². The number of ether oxygens (including phenoxy) is 2. The van der Waals surface area contributed by atoms with Gasteiger partial charge >= 0.3 is 11.9 Å². The second-order valence-electron chi connectivity index (χ2n) is 3.35. The molecule has 90 valence electrons. The van der Waals surface area contributed by atoms with Crippen LogP contribution in [0.2, 0.25) is 0 Å². The number of carbonyl (C=O) groups excluding carboxylic acids is 2. The molecule has 0 aromatic heterocycles. The van der Waals surface area contributed by atoms with E-state index in [0.29, 0.717) is 6.42 Å². The lowest BCUT2D eigenvalue weighted by atomic mass is 10.1. The maximum absolute atomic E-state index is 11.5. The van der Waals surface area contributed by atoms with Crippen LogP contribution in [0.1, 0.15) is 5.56 Å². The van der Waals surface area contributed by atoms with Crippen LogP contribution in [0, 0.1) is 0 Å². The van der Waals surface area contributed by atoms with E-state index in [4.69, 9.17) is 0 Å². The first kappa shape index (κ1) is 13.0. The van der Waals surface area contributed by atoms with Crippen molar-refractivity contribution in [2.45, 2.75) is 6.42 Å². The molecule has 4 heteroatoms. The fraction of sp³-hybridized carbons (Fsp3) is 0.231. The quantitative estimate of drug-likeness (QED) is 0.585. The second-order valence-corrected chi connectivity index (χ2v) is 3.35. The molecular formula is C13H14O4. The summed E-state index contributed by atoms with van der Waals surface area (Å²) in [5.74, 6) is -1.10. The highest BCUT2D eigenvalue weighted by Gasteiger charge is 2.12. The van der Waals surface area contributed by atoms with Gasteiger partial charge in [-0.05, 0) is 5.56 Å². The highest BCUT2D eigenvalue weighted by atomic mass is 16.5. The van der Waals surface area contributed by atoms with Crippen molar-refractivity contribution in [2.75, 3.05) is 14.2 Å². The lowest BCUT2D eigenvalue weighted by Crippen LogP contribution is -2.10. The number of carbonyl (C=O) groups is 2. The Morgan fingerprint density at radius 3 is 2.29 bits per heavy atom. The van der Waals surface area contributed by atoms with Gasteiger partial charge in [-0.15, -0.1) is 0 Å². The Kier molecular flexibility index (Phi) is 4.94. The van der Waals surface area contributed by atoms with E-state index >= 15 is 0 Å². The number of esters is 2. The van der Waals surface area contributed by atoms with E-state index < -0.39 is 11.9 Å². The van der Waals surface area contributed by atoms with Crippen LogP contribution in [-0.4, -0.2) is 26.2 Å². The van der Waals surface area contributed by atoms with Crippen LogP contribution in [0.4, 0.5) is 0 Å². The topological polar surface area (TPSA) is 52.6 Å². The van der Waals surface area contributed by atoms with Crippen molar-refractivity contribution in [3.8, 4) is 0 Å². The highest BCUT2D eigenvalue weighted by molar-refractivity contribution is 5.96. The van der Waals surface area contributed by atoms with Gasteiger partial charge in [0.25, 0.3) is 0 Å². The molecule has 1 aromatic rings. The lowest BCUT2D eigenvalue weighted by Gasteiger charge is -2.05. The molecule has 0 aliphatic heterocycles. The van der Waals surface area contributed by atoms with Crippen LogP contribution in [0.25, 0.3) is 0 Å². The van der Waals surface area contributed by atoms with Crippen LogP contribution >= 0.6 is 0 Å². The van der Waals surface area contributed by atoms with Gasteiger partial charge in [0.1, 0.15) is 0 Å². The predicted octanol–water partition coefficient (Wildman–Crippen LogP) is 1.50. The van der Waals surface area contributed by atoms with E-state index in [2.05, 4.69) is 9.47 Å². The van der Waals surface area contributed by atoms with Crippen molar-refractivity contribution >= 4 is 11.9 Å². The normalized spacial score (nSPS) is 10.8. The standard InChI is InChI=1S/C13H14O4/c1-16-12(14)9-11(13(15)17-2)8-10-6-4-3-5-7-10/h3-7,9H,8H2,1-2H3/b11-9-. The summed E-state index contributed by atoms with van der Waals surface area (Å²) in [6.07, 6.45) is 1.49. The van der Waals surface area contributed by atoms with E-state index in [1.165, 1.54) is 14.2 Å². The summed E-state index contributed by atoms with van der Waals surface area (Å²) in [5, 5.41) is 0. The number of hydrogen-bond acceptors (Lipinski definition) is 4. The van der Waals surface area contributed by atoms with E-state index in [1.807, 2.05) is 30.3 Å². The predicted molar refractivity (Wildman–Crippen MR) is 62.3 cm³/mol. The SMILES string of the molecule is COC(=O)/C=C(/Cc1ccccc1)C(=O)OC. The molecule has 4 nitrogen and oxygen atoms in total. The van der Waals surface area contributed by atoms with Gasteiger partial charge in [0.15, 0.2) is 0 Å². The summed E-state index contributed by atoms with van der Waals surface area (Å²) in [6, 6.07) is 9.35. The molecule has 0 saturated heterocycles. The van der Waals surface area contributed by atoms with Crippen molar-refractivity contribution in [3.05, 3.63) is 47.5 Å². The first-order valence-electron chi connectivity index (χ1n) is 5.08. The van der Waals surface area contributed by atoms with Gasteiger partial charge in [-0.1, -0.05) is 30.3 Å². The molecule has 17 heavy (non-hydrogen) atoms. The van der Waals surface area contributed by atoms with E-state index in [1.54, 1.807) is 0 Å². The molecule has 1 rings (SSSR count). The molecule has 0 spiro atoms. The number of hydrogen-bond donors (Lipinski definition) is 0. The van der Waals surface area contributed by atoms with Crippen LogP contribution in [0.15, 0.2) is 42.0 Å². The zero-order chi connectivity index (χ0) is 12.7. The monoisotopic (exact) mass is 234 g/mol. The van der Waals surface area contributed by atoms with Gasteiger partial charge < -0.3 is 9.47 Å². The van der Waals surface area contributed by atoms with Crippen LogP contribution in [-0.2, 0) is 25.5 Å². The fourth-order valence-electron chi connectivity index (χ4n) is 1.33. The summed E-state index contributed by atoms with van der Waals surface area (Å²) in [7, 11) is 2.54. The van der Waals surface area contributed by atoms with Crippen LogP contribution < -0.4 is 0 Å². The van der Waals surface area contributed by atoms with E-state index in [-0.39, 0.29) is 5.57 Å². The van der Waals surface area contributed by atoms with Gasteiger partial charge in [0, 0.05) is 18.1 Å². The molecule has 0 atom stereocenters. The minimum absolute atomic E-state index is 0.269. The zero-order valence-corrected chi connectivity index (χ0v) is 9.80. The van der Waals surface area contributed by atoms with Crippen LogP contribution in [0.5, 0.6) is 0 Å². The number of rotatable bonds is 4. The fourth-order valence-corrected chi connectivity index (χ4v) is 1.33. The highest BCUT2D eigenvalue weighted by Crippen LogP contribution is 2.09. The molecule has 0 amide bonds. The molecule has 0 aliphatic rings. The number of methoxy groups -OCH3 is 2. The summed E-state index contributed by atoms with van der Waals surface area (Å²) in [6.45, 7) is 0. The van der Waals surface area contributed by atoms with Gasteiger partial charge in [-0.25, -0.2) is 9.59 Å². The molecule has 0 N–H and O–H groups in total. The first-order valence-corrected chi connectivity index (χ1v) is 5.08. The summed E-state index contributed by atoms with van der Waals surface area (Å²) >= 11 is 0. The third-order valence-electron chi connectivity index (χ3n) is 2.18. The summed E-state index contributed by atoms with van der Waals surface area (Å²) in [5.41, 5.74) is 1.19. The molecule has 0 bridgehead atoms. The molecule has 0 radical (unpaired) electrons. The Morgan fingerprint density at radius 2 is 1.76 bits per heavy atom. The largest absolute Gasteiger partial charge is 0.466 e. The first-order chi connectivity index (χ1) is 8.17. The Bertz CT molecular complexity index is 420. The number of benzene rings is 1. The van der Waals surface area contributed by atoms with Crippen molar-refractivity contribution in [1.29, 1.82) is 0 Å². The van der Waals surface area contributed by atoms with E-state index in [9.17, 15) is 9.59 Å². The molecule has 0 unspecified atom stereocenters. The summed E-state index contributed by atoms with van der Waals surface area (Å²) in [4.78, 5) is 22.6. The average Bonchev–Trinajstić information content (AvgIpc) is 2.38. The molecular weight excluding hydrogens is 220 g/mol. The maximum atomic E-state index is 11.5. The van der Waals surface area contributed by atoms with E-state index in [0.717, 1.165) is 11.6 Å². The Balaban J connectivity index is 2.89. The lowest BCUT2D eigenvalue weighted by molar-refractivity contribution is -0.138. The Morgan fingerprint density at radius 1 is 1.12 bits per heavy atom. The molecule has 1 aromatic carbocycles. The summed E-state index contributed by atoms with van der Waals surface area (Å²) < 4.78 is 9.10. The maximum Gasteiger partial charge on any atom is 0.334 e. The smallest absolute Gasteiger partial charge is 0.334 e. The Labute approximate surface area is 99.8 Å². The Hall–Kier alpha value is -2.10. The van der Waals surface area contributed by atoms with Crippen molar-refractivity contribution < 1.29 is 19.1 Å². The zero-order valence-electron chi connectivity index (χ0n) is 9.80. The van der Waals surface area contributed by atoms with Crippen molar-refractivity contribution in [3.63, 3.8) is 0 Å². The molecule has 0 saturated carbocycles.